The molecule has 0 aliphatic rings. The van der Waals surface area contributed by atoms with Gasteiger partial charge in [0.05, 0.1) is 34.4 Å². The van der Waals surface area contributed by atoms with Crippen molar-refractivity contribution in [1.29, 1.82) is 0 Å². The van der Waals surface area contributed by atoms with Crippen LogP contribution >= 0.6 is 0 Å². The van der Waals surface area contributed by atoms with Crippen LogP contribution in [0, 0.1) is 0 Å². The lowest BCUT2D eigenvalue weighted by Gasteiger charge is -2.25. The van der Waals surface area contributed by atoms with Crippen molar-refractivity contribution in [3.63, 3.8) is 0 Å². The lowest BCUT2D eigenvalue weighted by atomic mass is 10.0. The summed E-state index contributed by atoms with van der Waals surface area (Å²) in [6.45, 7) is 4.78. The van der Waals surface area contributed by atoms with Crippen LogP contribution in [-0.4, -0.2) is 87.4 Å². The minimum atomic E-state index is -1.51. The Morgan fingerprint density at radius 1 is 0.392 bits per heavy atom. The summed E-state index contributed by atoms with van der Waals surface area (Å²) in [5.41, 5.74) is 0. The third-order valence-electron chi connectivity index (χ3n) is 14.4. The molecule has 1 N–H and O–H groups in total. The molecule has 0 rings (SSSR count). The fourth-order valence-corrected chi connectivity index (χ4v) is 9.39. The number of nitrogens with zero attached hydrogens (tertiary/aromatic N) is 1. The Labute approximate surface area is 487 Å². The lowest BCUT2D eigenvalue weighted by molar-refractivity contribution is -0.870. The van der Waals surface area contributed by atoms with Gasteiger partial charge in [0, 0.05) is 12.8 Å². The van der Waals surface area contributed by atoms with E-state index in [1.54, 1.807) is 0 Å². The van der Waals surface area contributed by atoms with E-state index in [1.807, 2.05) is 21.1 Å². The Morgan fingerprint density at radius 2 is 0.722 bits per heavy atom. The van der Waals surface area contributed by atoms with Gasteiger partial charge in [-0.1, -0.05) is 273 Å². The van der Waals surface area contributed by atoms with Crippen LogP contribution in [0.25, 0.3) is 0 Å². The summed E-state index contributed by atoms with van der Waals surface area (Å²) in [4.78, 5) is 37.5. The van der Waals surface area contributed by atoms with Gasteiger partial charge in [-0.15, -0.1) is 0 Å². The van der Waals surface area contributed by atoms with Gasteiger partial charge in [0.1, 0.15) is 13.2 Å². The Morgan fingerprint density at radius 3 is 1.08 bits per heavy atom. The number of likely N-dealkylation sites (N-methyl/N-ethyl adjacent to an activating group) is 1. The number of hydrogen-bond acceptors (Lipinski definition) is 7. The van der Waals surface area contributed by atoms with Crippen molar-refractivity contribution in [2.75, 3.05) is 47.5 Å². The summed E-state index contributed by atoms with van der Waals surface area (Å²) >= 11 is 0. The minimum absolute atomic E-state index is 0.183. The molecule has 2 atom stereocenters. The van der Waals surface area contributed by atoms with Crippen LogP contribution in [0.15, 0.2) is 72.9 Å². The van der Waals surface area contributed by atoms with E-state index in [9.17, 15) is 19.5 Å². The molecule has 9 nitrogen and oxygen atoms in total. The molecular weight excluding hydrogens is 983 g/mol. The maximum absolute atomic E-state index is 12.9. The predicted molar refractivity (Wildman–Crippen MR) is 336 cm³/mol. The lowest BCUT2D eigenvalue weighted by Crippen LogP contribution is -2.40. The number of carboxylic acid groups (broad SMARTS) is 1. The highest BCUT2D eigenvalue weighted by atomic mass is 16.7. The zero-order chi connectivity index (χ0) is 57.6. The molecule has 0 aromatic carbocycles. The van der Waals surface area contributed by atoms with Gasteiger partial charge >= 0.3 is 17.9 Å². The molecule has 458 valence electrons. The number of rotatable bonds is 61. The summed E-state index contributed by atoms with van der Waals surface area (Å²) < 4.78 is 23.0. The number of carbonyl (C=O) groups excluding carboxylic acids is 2. The molecule has 2 unspecified atom stereocenters. The summed E-state index contributed by atoms with van der Waals surface area (Å²) in [5, 5.41) is 9.73. The molecular formula is C70H126NO8+. The van der Waals surface area contributed by atoms with Crippen LogP contribution in [0.1, 0.15) is 296 Å². The maximum atomic E-state index is 12.9. The van der Waals surface area contributed by atoms with Gasteiger partial charge in [-0.05, 0) is 83.5 Å². The average Bonchev–Trinajstić information content (AvgIpc) is 3.42. The number of aliphatic carboxylic acids is 1. The van der Waals surface area contributed by atoms with E-state index in [0.717, 1.165) is 70.6 Å². The molecule has 0 heterocycles. The summed E-state index contributed by atoms with van der Waals surface area (Å²) in [6.07, 6.45) is 77.2. The Kier molecular flexibility index (Phi) is 58.3. The van der Waals surface area contributed by atoms with Crippen molar-refractivity contribution < 1.29 is 42.9 Å². The van der Waals surface area contributed by atoms with Crippen molar-refractivity contribution in [2.24, 2.45) is 0 Å². The first kappa shape index (κ1) is 75.7. The quantitative estimate of drug-likeness (QED) is 0.0211. The van der Waals surface area contributed by atoms with Crippen LogP contribution in [0.5, 0.6) is 0 Å². The van der Waals surface area contributed by atoms with E-state index in [0.29, 0.717) is 17.4 Å². The normalized spacial score (nSPS) is 13.2. The fraction of sp³-hybridized carbons (Fsp3) is 0.786. The second-order valence-electron chi connectivity index (χ2n) is 23.4. The van der Waals surface area contributed by atoms with Crippen LogP contribution in [0.3, 0.4) is 0 Å². The second kappa shape index (κ2) is 60.8. The smallest absolute Gasteiger partial charge is 0.361 e. The number of ether oxygens (including phenoxy) is 4. The molecule has 79 heavy (non-hydrogen) atoms. The molecule has 0 amide bonds. The molecule has 0 aromatic rings. The van der Waals surface area contributed by atoms with E-state index < -0.39 is 24.3 Å². The highest BCUT2D eigenvalue weighted by molar-refractivity contribution is 5.71. The first-order chi connectivity index (χ1) is 38.6. The highest BCUT2D eigenvalue weighted by Crippen LogP contribution is 2.17. The first-order valence-electron chi connectivity index (χ1n) is 33.1. The van der Waals surface area contributed by atoms with Gasteiger partial charge < -0.3 is 28.5 Å². The van der Waals surface area contributed by atoms with Crippen molar-refractivity contribution in [3.05, 3.63) is 72.9 Å². The molecule has 0 aromatic heterocycles. The molecule has 0 spiro atoms. The monoisotopic (exact) mass is 1110 g/mol. The molecule has 0 aliphatic heterocycles. The van der Waals surface area contributed by atoms with Crippen molar-refractivity contribution in [2.45, 2.75) is 309 Å². The van der Waals surface area contributed by atoms with Crippen LogP contribution < -0.4 is 0 Å². The summed E-state index contributed by atoms with van der Waals surface area (Å²) in [5.74, 6) is -2.00. The number of esters is 2. The van der Waals surface area contributed by atoms with Crippen LogP contribution in [0.2, 0.25) is 0 Å². The molecule has 0 radical (unpaired) electrons. The third-order valence-corrected chi connectivity index (χ3v) is 14.4. The van der Waals surface area contributed by atoms with E-state index in [-0.39, 0.29) is 32.2 Å². The second-order valence-corrected chi connectivity index (χ2v) is 23.4. The minimum Gasteiger partial charge on any atom is -0.477 e. The predicted octanol–water partition coefficient (Wildman–Crippen LogP) is 20.1. The van der Waals surface area contributed by atoms with Gasteiger partial charge in [-0.2, -0.15) is 0 Å². The van der Waals surface area contributed by atoms with Crippen molar-refractivity contribution in [3.8, 4) is 0 Å². The number of carbonyl (C=O) groups is 3. The number of carboxylic acids is 1. The first-order valence-corrected chi connectivity index (χ1v) is 33.1. The standard InChI is InChI=1S/C70H125NO8/c1-6-8-10-12-14-16-18-20-22-24-26-28-29-30-31-32-33-34-35-36-37-38-39-41-43-45-47-49-51-53-55-57-59-61-68(73)79-66(65-78-70(69(74)75)76-63-62-71(3,4)5)64-77-67(72)60-58-56-54-52-50-48-46-44-42-40-27-25-23-21-19-17-15-13-11-9-7-2/h8,10,14,16,19-22,25-28,66,70H,6-7,9,11-13,15,17-18,23-24,29-65H2,1-5H3/p+1/b10-8-,16-14-,21-19-,22-20-,27-25-,28-26-. The van der Waals surface area contributed by atoms with E-state index in [2.05, 4.69) is 86.8 Å². The van der Waals surface area contributed by atoms with E-state index in [1.165, 1.54) is 199 Å². The maximum Gasteiger partial charge on any atom is 0.361 e. The van der Waals surface area contributed by atoms with E-state index >= 15 is 0 Å². The van der Waals surface area contributed by atoms with Crippen molar-refractivity contribution in [1.82, 2.24) is 0 Å². The number of unbranched alkanes of at least 4 members (excludes halogenated alkanes) is 34. The number of quaternary nitrogens is 1. The Balaban J connectivity index is 4.10. The van der Waals surface area contributed by atoms with Gasteiger partial charge in [-0.3, -0.25) is 9.59 Å². The molecule has 0 saturated heterocycles. The largest absolute Gasteiger partial charge is 0.477 e. The van der Waals surface area contributed by atoms with Gasteiger partial charge in [0.25, 0.3) is 6.29 Å². The van der Waals surface area contributed by atoms with Gasteiger partial charge in [0.2, 0.25) is 0 Å². The number of hydrogen-bond donors (Lipinski definition) is 1. The molecule has 0 bridgehead atoms. The van der Waals surface area contributed by atoms with E-state index in [4.69, 9.17) is 18.9 Å². The molecule has 0 aliphatic carbocycles. The molecule has 9 heteroatoms. The summed E-state index contributed by atoms with van der Waals surface area (Å²) in [6, 6.07) is 0. The Hall–Kier alpha value is -3.27. The van der Waals surface area contributed by atoms with Gasteiger partial charge in [0.15, 0.2) is 6.10 Å². The van der Waals surface area contributed by atoms with Crippen LogP contribution in [-0.2, 0) is 33.3 Å². The highest BCUT2D eigenvalue weighted by Gasteiger charge is 2.25. The van der Waals surface area contributed by atoms with Gasteiger partial charge in [-0.25, -0.2) is 4.79 Å². The molecule has 0 saturated carbocycles. The van der Waals surface area contributed by atoms with Crippen LogP contribution in [0.4, 0.5) is 0 Å². The average molecular weight is 1110 g/mol. The van der Waals surface area contributed by atoms with Crippen molar-refractivity contribution >= 4 is 17.9 Å². The third kappa shape index (κ3) is 62.2. The summed E-state index contributed by atoms with van der Waals surface area (Å²) in [7, 11) is 5.98. The zero-order valence-corrected chi connectivity index (χ0v) is 52.3. The Bertz CT molecular complexity index is 1520. The molecule has 0 fully saturated rings. The fourth-order valence-electron chi connectivity index (χ4n) is 9.39. The SMILES string of the molecule is CC/C=C\C/C=C\C/C=C\C/C=C\CCCCCCCCCCCCCCCCCCCCCCC(=O)OC(COC(=O)CCCCCCCCCCC/C=C\C/C=C\CCCCCCC)COC(OCC[N+](C)(C)C)C(=O)O. The topological polar surface area (TPSA) is 108 Å². The number of allylic oxidation sites excluding steroid dienone is 12. The zero-order valence-electron chi connectivity index (χ0n) is 52.3.